The van der Waals surface area contributed by atoms with Crippen LogP contribution in [-0.4, -0.2) is 24.9 Å². The van der Waals surface area contributed by atoms with Crippen LogP contribution < -0.4 is 0 Å². The highest BCUT2D eigenvalue weighted by Crippen LogP contribution is 2.23. The van der Waals surface area contributed by atoms with E-state index < -0.39 is 27.3 Å². The maximum atomic E-state index is 12.0. The lowest BCUT2D eigenvalue weighted by molar-refractivity contribution is -0.113. The second-order valence-electron chi connectivity index (χ2n) is 4.78. The molecule has 5 nitrogen and oxygen atoms in total. The molecule has 0 amide bonds. The fourth-order valence-corrected chi connectivity index (χ4v) is 2.58. The highest BCUT2D eigenvalue weighted by molar-refractivity contribution is 7.86. The molecule has 0 aromatic heterocycles. The summed E-state index contributed by atoms with van der Waals surface area (Å²) in [6.07, 6.45) is 3.42. The first-order valence-corrected chi connectivity index (χ1v) is 7.30. The second kappa shape index (κ2) is 4.88. The number of hydrogen-bond donors (Lipinski definition) is 1. The maximum absolute atomic E-state index is 12.0. The number of aryl methyl sites for hydroxylation is 1. The van der Waals surface area contributed by atoms with Crippen molar-refractivity contribution in [3.05, 3.63) is 53.8 Å². The van der Waals surface area contributed by atoms with Gasteiger partial charge < -0.3 is 9.29 Å². The third-order valence-electron chi connectivity index (χ3n) is 2.75. The maximum Gasteiger partial charge on any atom is 0.339 e. The average Bonchev–Trinajstić information content (AvgIpc) is 2.34. The third-order valence-corrected chi connectivity index (χ3v) is 4.00. The van der Waals surface area contributed by atoms with Crippen LogP contribution in [-0.2, 0) is 19.1 Å². The van der Waals surface area contributed by atoms with E-state index in [0.717, 1.165) is 17.7 Å². The molecular weight excluding hydrogens is 280 g/mol. The summed E-state index contributed by atoms with van der Waals surface area (Å²) in [4.78, 5) is 11.5. The SMILES string of the molecule is Cc1ccc(S(=O)(=O)OC2=C[C@](C)(O)C=CC2=O)cc1. The van der Waals surface area contributed by atoms with Gasteiger partial charge in [0.25, 0.3) is 0 Å². The lowest BCUT2D eigenvalue weighted by atomic mass is 9.99. The van der Waals surface area contributed by atoms with Gasteiger partial charge in [-0.3, -0.25) is 4.79 Å². The molecule has 1 atom stereocenters. The van der Waals surface area contributed by atoms with E-state index in [-0.39, 0.29) is 4.90 Å². The third kappa shape index (κ3) is 3.15. The minimum atomic E-state index is -4.09. The van der Waals surface area contributed by atoms with Gasteiger partial charge in [0.05, 0.1) is 0 Å². The minimum Gasteiger partial charge on any atom is -0.382 e. The van der Waals surface area contributed by atoms with Crippen LogP contribution in [0.15, 0.2) is 53.1 Å². The summed E-state index contributed by atoms with van der Waals surface area (Å²) in [5, 5.41) is 9.78. The molecule has 1 aromatic carbocycles. The zero-order valence-corrected chi connectivity index (χ0v) is 11.8. The van der Waals surface area contributed by atoms with Crippen LogP contribution in [0.1, 0.15) is 12.5 Å². The highest BCUT2D eigenvalue weighted by atomic mass is 32.2. The molecule has 0 spiro atoms. The van der Waals surface area contributed by atoms with Gasteiger partial charge in [0.15, 0.2) is 5.76 Å². The summed E-state index contributed by atoms with van der Waals surface area (Å²) in [6, 6.07) is 6.05. The summed E-state index contributed by atoms with van der Waals surface area (Å²) >= 11 is 0. The first kappa shape index (κ1) is 14.5. The predicted octanol–water partition coefficient (Wildman–Crippen LogP) is 1.47. The Kier molecular flexibility index (Phi) is 3.54. The van der Waals surface area contributed by atoms with Gasteiger partial charge in [0.1, 0.15) is 10.5 Å². The Hall–Kier alpha value is -1.92. The smallest absolute Gasteiger partial charge is 0.339 e. The van der Waals surface area contributed by atoms with E-state index in [2.05, 4.69) is 0 Å². The van der Waals surface area contributed by atoms with Crippen LogP contribution in [0.25, 0.3) is 0 Å². The average molecular weight is 294 g/mol. The van der Waals surface area contributed by atoms with Gasteiger partial charge >= 0.3 is 10.1 Å². The number of benzene rings is 1. The number of hydrogen-bond acceptors (Lipinski definition) is 5. The van der Waals surface area contributed by atoms with Crippen molar-refractivity contribution in [2.45, 2.75) is 24.3 Å². The summed E-state index contributed by atoms with van der Waals surface area (Å²) in [5.41, 5.74) is -0.505. The van der Waals surface area contributed by atoms with Crippen LogP contribution in [0.2, 0.25) is 0 Å². The molecular formula is C14H14O5S. The molecule has 1 aliphatic rings. The second-order valence-corrected chi connectivity index (χ2v) is 6.33. The lowest BCUT2D eigenvalue weighted by Crippen LogP contribution is -2.25. The quantitative estimate of drug-likeness (QED) is 0.854. The molecule has 0 fully saturated rings. The molecule has 6 heteroatoms. The first-order valence-electron chi connectivity index (χ1n) is 5.90. The summed E-state index contributed by atoms with van der Waals surface area (Å²) in [7, 11) is -4.09. The fraction of sp³-hybridized carbons (Fsp3) is 0.214. The van der Waals surface area contributed by atoms with Crippen molar-refractivity contribution in [3.63, 3.8) is 0 Å². The van der Waals surface area contributed by atoms with Crippen molar-refractivity contribution in [2.75, 3.05) is 0 Å². The molecule has 20 heavy (non-hydrogen) atoms. The van der Waals surface area contributed by atoms with Crippen molar-refractivity contribution < 1.29 is 22.5 Å². The lowest BCUT2D eigenvalue weighted by Gasteiger charge is -2.19. The molecule has 0 radical (unpaired) electrons. The Labute approximate surface area is 117 Å². The molecule has 1 aliphatic carbocycles. The number of ketones is 1. The number of aliphatic hydroxyl groups is 1. The molecule has 0 unspecified atom stereocenters. The first-order chi connectivity index (χ1) is 9.20. The highest BCUT2D eigenvalue weighted by Gasteiger charge is 2.28. The van der Waals surface area contributed by atoms with E-state index >= 15 is 0 Å². The standard InChI is InChI=1S/C14H14O5S/c1-10-3-5-11(6-4-10)20(17,18)19-13-9-14(2,16)8-7-12(13)15/h3-9,16H,1-2H3/t14-/m1/s1. The van der Waals surface area contributed by atoms with Gasteiger partial charge in [-0.25, -0.2) is 0 Å². The molecule has 1 aromatic rings. The largest absolute Gasteiger partial charge is 0.382 e. The fourth-order valence-electron chi connectivity index (χ4n) is 1.65. The van der Waals surface area contributed by atoms with E-state index in [1.165, 1.54) is 25.1 Å². The molecule has 0 heterocycles. The van der Waals surface area contributed by atoms with E-state index in [1.54, 1.807) is 12.1 Å². The van der Waals surface area contributed by atoms with Crippen molar-refractivity contribution in [1.82, 2.24) is 0 Å². The number of rotatable bonds is 3. The molecule has 0 aliphatic heterocycles. The normalized spacial score (nSPS) is 22.6. The van der Waals surface area contributed by atoms with Crippen LogP contribution in [0.3, 0.4) is 0 Å². The Balaban J connectivity index is 2.31. The topological polar surface area (TPSA) is 80.7 Å². The zero-order chi connectivity index (χ0) is 15.0. The molecule has 106 valence electrons. The van der Waals surface area contributed by atoms with Crippen molar-refractivity contribution in [1.29, 1.82) is 0 Å². The van der Waals surface area contributed by atoms with Crippen LogP contribution in [0.5, 0.6) is 0 Å². The summed E-state index contributed by atoms with van der Waals surface area (Å²) in [5.74, 6) is -1.01. The number of carbonyl (C=O) groups is 1. The predicted molar refractivity (Wildman–Crippen MR) is 72.3 cm³/mol. The van der Waals surface area contributed by atoms with Gasteiger partial charge in [-0.1, -0.05) is 17.7 Å². The Morgan fingerprint density at radius 1 is 1.20 bits per heavy atom. The Morgan fingerprint density at radius 3 is 2.40 bits per heavy atom. The van der Waals surface area contributed by atoms with Crippen molar-refractivity contribution >= 4 is 15.9 Å². The van der Waals surface area contributed by atoms with Gasteiger partial charge in [0.2, 0.25) is 5.78 Å². The van der Waals surface area contributed by atoms with Gasteiger partial charge in [-0.15, -0.1) is 0 Å². The van der Waals surface area contributed by atoms with Crippen LogP contribution in [0, 0.1) is 6.92 Å². The van der Waals surface area contributed by atoms with Gasteiger partial charge in [-0.05, 0) is 44.2 Å². The molecule has 2 rings (SSSR count). The van der Waals surface area contributed by atoms with E-state index in [0.29, 0.717) is 0 Å². The van der Waals surface area contributed by atoms with E-state index in [1.807, 2.05) is 6.92 Å². The zero-order valence-electron chi connectivity index (χ0n) is 11.0. The summed E-state index contributed by atoms with van der Waals surface area (Å²) in [6.45, 7) is 3.24. The van der Waals surface area contributed by atoms with Crippen molar-refractivity contribution in [2.24, 2.45) is 0 Å². The summed E-state index contributed by atoms with van der Waals surface area (Å²) < 4.78 is 28.9. The van der Waals surface area contributed by atoms with Crippen LogP contribution >= 0.6 is 0 Å². The molecule has 1 N–H and O–H groups in total. The van der Waals surface area contributed by atoms with Gasteiger partial charge in [0, 0.05) is 0 Å². The van der Waals surface area contributed by atoms with E-state index in [9.17, 15) is 18.3 Å². The monoisotopic (exact) mass is 294 g/mol. The van der Waals surface area contributed by atoms with Crippen LogP contribution in [0.4, 0.5) is 0 Å². The molecule has 0 saturated heterocycles. The minimum absolute atomic E-state index is 0.0500. The number of allylic oxidation sites excluding steroid dienone is 1. The Morgan fingerprint density at radius 2 is 1.80 bits per heavy atom. The molecule has 0 bridgehead atoms. The number of carbonyl (C=O) groups excluding carboxylic acids is 1. The molecule has 0 saturated carbocycles. The van der Waals surface area contributed by atoms with Crippen molar-refractivity contribution in [3.8, 4) is 0 Å². The van der Waals surface area contributed by atoms with Gasteiger partial charge in [-0.2, -0.15) is 8.42 Å². The van der Waals surface area contributed by atoms with E-state index in [4.69, 9.17) is 4.18 Å². The Bertz CT molecular complexity index is 694.